The number of hydrogen-bond acceptors (Lipinski definition) is 2. The van der Waals surface area contributed by atoms with Crippen molar-refractivity contribution in [3.05, 3.63) is 12.2 Å². The summed E-state index contributed by atoms with van der Waals surface area (Å²) in [5, 5.41) is 3.64. The lowest BCUT2D eigenvalue weighted by Gasteiger charge is -2.21. The minimum atomic E-state index is 0.688. The number of rotatable bonds is 6. The third-order valence-corrected chi connectivity index (χ3v) is 3.53. The van der Waals surface area contributed by atoms with Crippen LogP contribution in [0, 0.1) is 5.92 Å². The zero-order valence-electron chi connectivity index (χ0n) is 9.46. The van der Waals surface area contributed by atoms with E-state index in [4.69, 9.17) is 0 Å². The van der Waals surface area contributed by atoms with E-state index in [0.717, 1.165) is 5.92 Å². The highest BCUT2D eigenvalue weighted by Gasteiger charge is 2.10. The summed E-state index contributed by atoms with van der Waals surface area (Å²) >= 11 is 1.94. The molecule has 82 valence electrons. The molecule has 0 heterocycles. The normalized spacial score (nSPS) is 23.7. The SMILES string of the molecule is CSCCC(C)NCC1CC=CCC1. The van der Waals surface area contributed by atoms with E-state index in [1.807, 2.05) is 11.8 Å². The Bertz CT molecular complexity index is 168. The van der Waals surface area contributed by atoms with Gasteiger partial charge in [0.05, 0.1) is 0 Å². The first-order chi connectivity index (χ1) is 6.83. The average molecular weight is 213 g/mol. The van der Waals surface area contributed by atoms with Gasteiger partial charge in [-0.2, -0.15) is 11.8 Å². The van der Waals surface area contributed by atoms with Crippen LogP contribution in [0.5, 0.6) is 0 Å². The zero-order chi connectivity index (χ0) is 10.2. The first-order valence-corrected chi connectivity index (χ1v) is 7.09. The van der Waals surface area contributed by atoms with Gasteiger partial charge in [-0.1, -0.05) is 12.2 Å². The molecular formula is C12H23NS. The maximum Gasteiger partial charge on any atom is 0.00466 e. The quantitative estimate of drug-likeness (QED) is 0.681. The highest BCUT2D eigenvalue weighted by atomic mass is 32.2. The summed E-state index contributed by atoms with van der Waals surface area (Å²) in [7, 11) is 0. The third-order valence-electron chi connectivity index (χ3n) is 2.89. The lowest BCUT2D eigenvalue weighted by atomic mass is 9.94. The van der Waals surface area contributed by atoms with Gasteiger partial charge in [0.15, 0.2) is 0 Å². The Morgan fingerprint density at radius 1 is 1.50 bits per heavy atom. The Labute approximate surface area is 92.7 Å². The molecule has 0 bridgehead atoms. The minimum Gasteiger partial charge on any atom is -0.314 e. The van der Waals surface area contributed by atoms with Crippen LogP contribution in [0.3, 0.4) is 0 Å². The summed E-state index contributed by atoms with van der Waals surface area (Å²) in [6.45, 7) is 3.51. The largest absolute Gasteiger partial charge is 0.314 e. The highest BCUT2D eigenvalue weighted by Crippen LogP contribution is 2.17. The van der Waals surface area contributed by atoms with Crippen LogP contribution in [0.25, 0.3) is 0 Å². The number of thioether (sulfide) groups is 1. The van der Waals surface area contributed by atoms with Crippen LogP contribution in [-0.2, 0) is 0 Å². The van der Waals surface area contributed by atoms with E-state index in [0.29, 0.717) is 6.04 Å². The molecule has 0 aromatic rings. The molecule has 0 amide bonds. The molecule has 0 radical (unpaired) electrons. The predicted octanol–water partition coefficient (Wildman–Crippen LogP) is 3.07. The molecule has 1 aliphatic carbocycles. The van der Waals surface area contributed by atoms with Crippen molar-refractivity contribution in [1.29, 1.82) is 0 Å². The fourth-order valence-electron chi connectivity index (χ4n) is 1.81. The molecule has 0 fully saturated rings. The molecule has 2 atom stereocenters. The van der Waals surface area contributed by atoms with E-state index in [-0.39, 0.29) is 0 Å². The van der Waals surface area contributed by atoms with Gasteiger partial charge >= 0.3 is 0 Å². The second-order valence-electron chi connectivity index (χ2n) is 4.24. The average Bonchev–Trinajstić information content (AvgIpc) is 2.25. The Kier molecular flexibility index (Phi) is 6.37. The van der Waals surface area contributed by atoms with Crippen molar-refractivity contribution in [2.45, 2.75) is 38.6 Å². The van der Waals surface area contributed by atoms with E-state index in [2.05, 4.69) is 30.6 Å². The predicted molar refractivity (Wildman–Crippen MR) is 66.9 cm³/mol. The van der Waals surface area contributed by atoms with E-state index >= 15 is 0 Å². The zero-order valence-corrected chi connectivity index (χ0v) is 10.3. The monoisotopic (exact) mass is 213 g/mol. The molecule has 1 rings (SSSR count). The lowest BCUT2D eigenvalue weighted by molar-refractivity contribution is 0.408. The second kappa shape index (κ2) is 7.36. The molecule has 0 aromatic carbocycles. The van der Waals surface area contributed by atoms with E-state index in [9.17, 15) is 0 Å². The summed E-state index contributed by atoms with van der Waals surface area (Å²) in [5.74, 6) is 2.16. The van der Waals surface area contributed by atoms with Crippen molar-refractivity contribution in [1.82, 2.24) is 5.32 Å². The summed E-state index contributed by atoms with van der Waals surface area (Å²) in [6.07, 6.45) is 12.1. The summed E-state index contributed by atoms with van der Waals surface area (Å²) < 4.78 is 0. The molecule has 2 unspecified atom stereocenters. The van der Waals surface area contributed by atoms with Gasteiger partial charge < -0.3 is 5.32 Å². The van der Waals surface area contributed by atoms with Crippen LogP contribution in [0.15, 0.2) is 12.2 Å². The van der Waals surface area contributed by atoms with Gasteiger partial charge in [0, 0.05) is 6.04 Å². The smallest absolute Gasteiger partial charge is 0.00466 e. The summed E-state index contributed by atoms with van der Waals surface area (Å²) in [4.78, 5) is 0. The number of allylic oxidation sites excluding steroid dienone is 2. The fourth-order valence-corrected chi connectivity index (χ4v) is 2.40. The maximum atomic E-state index is 3.64. The van der Waals surface area contributed by atoms with Gasteiger partial charge in [0.1, 0.15) is 0 Å². The molecule has 2 heteroatoms. The van der Waals surface area contributed by atoms with Crippen LogP contribution < -0.4 is 5.32 Å². The van der Waals surface area contributed by atoms with Gasteiger partial charge in [0.25, 0.3) is 0 Å². The molecule has 1 aliphatic rings. The van der Waals surface area contributed by atoms with Gasteiger partial charge in [-0.3, -0.25) is 0 Å². The molecule has 0 saturated carbocycles. The second-order valence-corrected chi connectivity index (χ2v) is 5.23. The summed E-state index contributed by atoms with van der Waals surface area (Å²) in [6, 6.07) is 0.688. The molecule has 0 aromatic heterocycles. The molecule has 1 N–H and O–H groups in total. The van der Waals surface area contributed by atoms with Crippen LogP contribution in [-0.4, -0.2) is 24.6 Å². The molecule has 1 nitrogen and oxygen atoms in total. The number of hydrogen-bond donors (Lipinski definition) is 1. The van der Waals surface area contributed by atoms with Crippen LogP contribution in [0.4, 0.5) is 0 Å². The minimum absolute atomic E-state index is 0.688. The molecule has 0 spiro atoms. The molecule has 14 heavy (non-hydrogen) atoms. The Morgan fingerprint density at radius 2 is 2.36 bits per heavy atom. The van der Waals surface area contributed by atoms with Crippen molar-refractivity contribution in [3.8, 4) is 0 Å². The van der Waals surface area contributed by atoms with E-state index in [1.54, 1.807) is 0 Å². The third kappa shape index (κ3) is 5.06. The Morgan fingerprint density at radius 3 is 3.00 bits per heavy atom. The molecule has 0 aliphatic heterocycles. The first kappa shape index (κ1) is 12.1. The standard InChI is InChI=1S/C12H23NS/c1-11(8-9-14-2)13-10-12-6-4-3-5-7-12/h3-4,11-13H,5-10H2,1-2H3. The Hall–Kier alpha value is 0.0500. The van der Waals surface area contributed by atoms with Crippen molar-refractivity contribution in [2.24, 2.45) is 5.92 Å². The Balaban J connectivity index is 2.04. The molecule has 0 saturated heterocycles. The topological polar surface area (TPSA) is 12.0 Å². The maximum absolute atomic E-state index is 3.64. The van der Waals surface area contributed by atoms with Crippen molar-refractivity contribution >= 4 is 11.8 Å². The van der Waals surface area contributed by atoms with Gasteiger partial charge in [-0.25, -0.2) is 0 Å². The number of nitrogens with one attached hydrogen (secondary N) is 1. The molecular weight excluding hydrogens is 190 g/mol. The first-order valence-electron chi connectivity index (χ1n) is 5.70. The fraction of sp³-hybridized carbons (Fsp3) is 0.833. The van der Waals surface area contributed by atoms with Gasteiger partial charge in [0.2, 0.25) is 0 Å². The van der Waals surface area contributed by atoms with Crippen LogP contribution >= 0.6 is 11.8 Å². The van der Waals surface area contributed by atoms with Gasteiger partial charge in [-0.15, -0.1) is 0 Å². The van der Waals surface area contributed by atoms with E-state index < -0.39 is 0 Å². The van der Waals surface area contributed by atoms with Crippen molar-refractivity contribution in [3.63, 3.8) is 0 Å². The van der Waals surface area contributed by atoms with Crippen LogP contribution in [0.1, 0.15) is 32.6 Å². The van der Waals surface area contributed by atoms with E-state index in [1.165, 1.54) is 38.0 Å². The summed E-state index contributed by atoms with van der Waals surface area (Å²) in [5.41, 5.74) is 0. The van der Waals surface area contributed by atoms with Crippen molar-refractivity contribution in [2.75, 3.05) is 18.6 Å². The van der Waals surface area contributed by atoms with Gasteiger partial charge in [-0.05, 0) is 57.1 Å². The van der Waals surface area contributed by atoms with Crippen LogP contribution in [0.2, 0.25) is 0 Å². The lowest BCUT2D eigenvalue weighted by Crippen LogP contribution is -2.31. The highest BCUT2D eigenvalue weighted by molar-refractivity contribution is 7.98. The van der Waals surface area contributed by atoms with Crippen molar-refractivity contribution < 1.29 is 0 Å².